The second kappa shape index (κ2) is 8.09. The molecule has 4 rings (SSSR count). The van der Waals surface area contributed by atoms with Crippen molar-refractivity contribution in [1.82, 2.24) is 0 Å². The number of rotatable bonds is 5. The van der Waals surface area contributed by atoms with Crippen molar-refractivity contribution in [2.75, 3.05) is 17.7 Å². The van der Waals surface area contributed by atoms with Crippen molar-refractivity contribution in [3.63, 3.8) is 0 Å². The molecule has 2 unspecified atom stereocenters. The lowest BCUT2D eigenvalue weighted by Crippen LogP contribution is -2.41. The Hall–Kier alpha value is -2.71. The van der Waals surface area contributed by atoms with Crippen LogP contribution in [0.5, 0.6) is 0 Å². The van der Waals surface area contributed by atoms with Crippen LogP contribution in [0.1, 0.15) is 17.2 Å². The molecule has 0 amide bonds. The summed E-state index contributed by atoms with van der Waals surface area (Å²) >= 11 is 6.02. The fraction of sp³-hybridized carbons (Fsp3) is 0.174. The maximum atomic E-state index is 11.8. The number of aliphatic hydroxyl groups excluding tert-OH is 1. The van der Waals surface area contributed by atoms with Gasteiger partial charge in [0.15, 0.2) is 9.84 Å². The first kappa shape index (κ1) is 21.5. The van der Waals surface area contributed by atoms with Gasteiger partial charge >= 0.3 is 0 Å². The lowest BCUT2D eigenvalue weighted by atomic mass is 9.99. The summed E-state index contributed by atoms with van der Waals surface area (Å²) in [5.41, 5.74) is 0.0785. The Bertz CT molecular complexity index is 1210. The van der Waals surface area contributed by atoms with Crippen LogP contribution in [0.3, 0.4) is 0 Å². The SMILES string of the molecule is CS(=O)(=O)c1ccc(N2CC(O)(C(O)c3ccccc3)N=C2c2ccc(Cl)cc2)cc1. The smallest absolute Gasteiger partial charge is 0.206 e. The number of hydrogen-bond acceptors (Lipinski definition) is 6. The molecule has 2 atom stereocenters. The van der Waals surface area contributed by atoms with E-state index in [0.29, 0.717) is 27.7 Å². The van der Waals surface area contributed by atoms with Gasteiger partial charge in [0.2, 0.25) is 5.72 Å². The third-order valence-corrected chi connectivity index (χ3v) is 6.56. The maximum Gasteiger partial charge on any atom is 0.206 e. The van der Waals surface area contributed by atoms with Crippen molar-refractivity contribution in [3.05, 3.63) is 95.0 Å². The van der Waals surface area contributed by atoms with E-state index >= 15 is 0 Å². The van der Waals surface area contributed by atoms with Gasteiger partial charge in [-0.3, -0.25) is 0 Å². The number of nitrogens with zero attached hydrogens (tertiary/aromatic N) is 2. The number of aliphatic hydroxyl groups is 2. The van der Waals surface area contributed by atoms with Crippen molar-refractivity contribution in [1.29, 1.82) is 0 Å². The van der Waals surface area contributed by atoms with Gasteiger partial charge in [0.25, 0.3) is 0 Å². The zero-order valence-corrected chi connectivity index (χ0v) is 18.3. The zero-order valence-electron chi connectivity index (χ0n) is 16.7. The number of sulfone groups is 1. The van der Waals surface area contributed by atoms with Gasteiger partial charge in [0, 0.05) is 22.5 Å². The minimum absolute atomic E-state index is 0.0146. The number of aliphatic imine (C=N–C) groups is 1. The predicted octanol–water partition coefficient (Wildman–Crippen LogP) is 3.43. The number of β-amino-alcohol motifs (C(OH)–C–C–N with tert-alkyl or cyclic N) is 1. The van der Waals surface area contributed by atoms with Gasteiger partial charge in [-0.1, -0.05) is 41.9 Å². The molecule has 3 aromatic rings. The summed E-state index contributed by atoms with van der Waals surface area (Å²) in [6.07, 6.45) is -0.107. The molecule has 8 heteroatoms. The van der Waals surface area contributed by atoms with Crippen molar-refractivity contribution >= 4 is 33.0 Å². The van der Waals surface area contributed by atoms with Crippen LogP contribution in [0.15, 0.2) is 88.8 Å². The van der Waals surface area contributed by atoms with Crippen LogP contribution in [0.4, 0.5) is 5.69 Å². The van der Waals surface area contributed by atoms with Crippen LogP contribution < -0.4 is 4.90 Å². The molecule has 0 spiro atoms. The van der Waals surface area contributed by atoms with Crippen LogP contribution in [-0.4, -0.2) is 43.0 Å². The van der Waals surface area contributed by atoms with Gasteiger partial charge in [-0.05, 0) is 54.1 Å². The van der Waals surface area contributed by atoms with E-state index in [0.717, 1.165) is 6.26 Å². The third kappa shape index (κ3) is 4.36. The molecule has 0 aliphatic carbocycles. The Morgan fingerprint density at radius 2 is 1.61 bits per heavy atom. The molecule has 1 aliphatic heterocycles. The lowest BCUT2D eigenvalue weighted by Gasteiger charge is -2.28. The van der Waals surface area contributed by atoms with Crippen LogP contribution in [0.2, 0.25) is 5.02 Å². The quantitative estimate of drug-likeness (QED) is 0.613. The van der Waals surface area contributed by atoms with Gasteiger partial charge in [-0.25, -0.2) is 13.4 Å². The zero-order chi connectivity index (χ0) is 22.2. The highest BCUT2D eigenvalue weighted by atomic mass is 35.5. The highest BCUT2D eigenvalue weighted by molar-refractivity contribution is 7.90. The van der Waals surface area contributed by atoms with Crippen LogP contribution >= 0.6 is 11.6 Å². The van der Waals surface area contributed by atoms with Gasteiger partial charge in [-0.2, -0.15) is 0 Å². The predicted molar refractivity (Wildman–Crippen MR) is 121 cm³/mol. The largest absolute Gasteiger partial charge is 0.383 e. The van der Waals surface area contributed by atoms with Crippen molar-refractivity contribution in [2.24, 2.45) is 4.99 Å². The standard InChI is InChI=1S/C23H21ClN2O4S/c1-31(29,30)20-13-11-19(12-14-20)26-15-23(28,21(27)16-5-3-2-4-6-16)25-22(26)17-7-9-18(24)10-8-17/h2-14,21,27-28H,15H2,1H3. The molecule has 2 N–H and O–H groups in total. The number of anilines is 1. The first-order valence-corrected chi connectivity index (χ1v) is 11.8. The number of amidine groups is 1. The topological polar surface area (TPSA) is 90.2 Å². The van der Waals surface area contributed by atoms with E-state index in [4.69, 9.17) is 11.6 Å². The van der Waals surface area contributed by atoms with E-state index in [1.807, 2.05) is 6.07 Å². The maximum absolute atomic E-state index is 11.8. The summed E-state index contributed by atoms with van der Waals surface area (Å²) in [5.74, 6) is 0.446. The summed E-state index contributed by atoms with van der Waals surface area (Å²) in [6.45, 7) is -0.0146. The van der Waals surface area contributed by atoms with Crippen LogP contribution in [0.25, 0.3) is 0 Å². The van der Waals surface area contributed by atoms with E-state index in [9.17, 15) is 18.6 Å². The average Bonchev–Trinajstić information content (AvgIpc) is 3.13. The van der Waals surface area contributed by atoms with E-state index in [-0.39, 0.29) is 11.4 Å². The molecule has 0 aromatic heterocycles. The minimum Gasteiger partial charge on any atom is -0.383 e. The highest BCUT2D eigenvalue weighted by Gasteiger charge is 2.45. The van der Waals surface area contributed by atoms with E-state index in [1.54, 1.807) is 65.6 Å². The number of benzene rings is 3. The van der Waals surface area contributed by atoms with Gasteiger partial charge < -0.3 is 15.1 Å². The molecule has 6 nitrogen and oxygen atoms in total. The Balaban J connectivity index is 1.77. The van der Waals surface area contributed by atoms with Crippen molar-refractivity contribution in [2.45, 2.75) is 16.7 Å². The van der Waals surface area contributed by atoms with Gasteiger partial charge in [0.05, 0.1) is 11.4 Å². The number of hydrogen-bond donors (Lipinski definition) is 2. The molecule has 0 saturated carbocycles. The van der Waals surface area contributed by atoms with Crippen molar-refractivity contribution in [3.8, 4) is 0 Å². The van der Waals surface area contributed by atoms with Crippen LogP contribution in [-0.2, 0) is 9.84 Å². The molecule has 1 aliphatic rings. The molecule has 0 saturated heterocycles. The van der Waals surface area contributed by atoms with Crippen molar-refractivity contribution < 1.29 is 18.6 Å². The monoisotopic (exact) mass is 456 g/mol. The summed E-state index contributed by atoms with van der Waals surface area (Å²) < 4.78 is 23.6. The van der Waals surface area contributed by atoms with E-state index < -0.39 is 21.7 Å². The van der Waals surface area contributed by atoms with Gasteiger partial charge in [-0.15, -0.1) is 0 Å². The molecule has 3 aromatic carbocycles. The van der Waals surface area contributed by atoms with Crippen LogP contribution in [0, 0.1) is 0 Å². The first-order chi connectivity index (χ1) is 14.7. The Labute approximate surface area is 186 Å². The first-order valence-electron chi connectivity index (χ1n) is 9.56. The summed E-state index contributed by atoms with van der Waals surface area (Å²) in [4.78, 5) is 6.46. The normalized spacial score (nSPS) is 19.9. The van der Waals surface area contributed by atoms with E-state index in [2.05, 4.69) is 4.99 Å². The second-order valence-electron chi connectivity index (χ2n) is 7.49. The molecule has 1 heterocycles. The lowest BCUT2D eigenvalue weighted by molar-refractivity contribution is -0.0582. The Morgan fingerprint density at radius 1 is 1.00 bits per heavy atom. The molecular weight excluding hydrogens is 436 g/mol. The summed E-state index contributed by atoms with van der Waals surface area (Å²) in [7, 11) is -3.34. The average molecular weight is 457 g/mol. The molecular formula is C23H21ClN2O4S. The Kier molecular flexibility index (Phi) is 5.61. The molecule has 31 heavy (non-hydrogen) atoms. The summed E-state index contributed by atoms with van der Waals surface area (Å²) in [6, 6.07) is 22.2. The number of halogens is 1. The highest BCUT2D eigenvalue weighted by Crippen LogP contribution is 2.36. The fourth-order valence-corrected chi connectivity index (χ4v) is 4.30. The second-order valence-corrected chi connectivity index (χ2v) is 9.94. The summed E-state index contributed by atoms with van der Waals surface area (Å²) in [5, 5.41) is 22.8. The van der Waals surface area contributed by atoms with E-state index in [1.165, 1.54) is 12.1 Å². The molecule has 160 valence electrons. The van der Waals surface area contributed by atoms with Gasteiger partial charge in [0.1, 0.15) is 11.9 Å². The Morgan fingerprint density at radius 3 is 2.19 bits per heavy atom. The molecule has 0 fully saturated rings. The molecule has 0 radical (unpaired) electrons. The minimum atomic E-state index is -3.34. The molecule has 0 bridgehead atoms. The fourth-order valence-electron chi connectivity index (χ4n) is 3.54. The third-order valence-electron chi connectivity index (χ3n) is 5.18.